The molecule has 0 saturated heterocycles. The van der Waals surface area contributed by atoms with Crippen molar-refractivity contribution in [2.24, 2.45) is 35.0 Å². The predicted molar refractivity (Wildman–Crippen MR) is 167 cm³/mol. The van der Waals surface area contributed by atoms with Crippen LogP contribution in [0.4, 0.5) is 0 Å². The quantitative estimate of drug-likeness (QED) is 0.306. The summed E-state index contributed by atoms with van der Waals surface area (Å²) in [6, 6.07) is 8.83. The second-order valence-electron chi connectivity index (χ2n) is 12.7. The molecule has 4 aliphatic carbocycles. The lowest BCUT2D eigenvalue weighted by atomic mass is 9.51. The summed E-state index contributed by atoms with van der Waals surface area (Å²) in [4.78, 5) is 0.386. The summed E-state index contributed by atoms with van der Waals surface area (Å²) in [6.45, 7) is 12.4. The Morgan fingerprint density at radius 1 is 0.975 bits per heavy atom. The molecule has 4 nitrogen and oxygen atoms in total. The summed E-state index contributed by atoms with van der Waals surface area (Å²) < 4.78 is 27.1. The Morgan fingerprint density at radius 3 is 2.35 bits per heavy atom. The zero-order valence-corrected chi connectivity index (χ0v) is 27.0. The van der Waals surface area contributed by atoms with Crippen molar-refractivity contribution in [3.8, 4) is 0 Å². The van der Waals surface area contributed by atoms with Crippen LogP contribution in [0.1, 0.15) is 119 Å². The molecule has 5 rings (SSSR count). The Labute approximate surface area is 246 Å². The third-order valence-corrected chi connectivity index (χ3v) is 13.2. The third kappa shape index (κ3) is 6.89. The molecule has 9 atom stereocenters. The van der Waals surface area contributed by atoms with Gasteiger partial charge in [-0.05, 0) is 124 Å². The van der Waals surface area contributed by atoms with Crippen molar-refractivity contribution in [3.63, 3.8) is 0 Å². The second-order valence-corrected chi connectivity index (χ2v) is 14.9. The first-order valence-corrected chi connectivity index (χ1v) is 18.1. The van der Waals surface area contributed by atoms with Crippen LogP contribution in [0.5, 0.6) is 0 Å². The minimum absolute atomic E-state index is 0.139. The largest absolute Gasteiger partial charge is 0.393 e. The van der Waals surface area contributed by atoms with Crippen LogP contribution >= 0.6 is 0 Å². The van der Waals surface area contributed by atoms with E-state index in [1.165, 1.54) is 37.7 Å². The first-order valence-electron chi connectivity index (χ1n) is 16.6. The standard InChI is InChI=1S/C31H46O4S.2C2H6/c1-3-23(32)20-26(36(34,35)25-7-5-4-6-8-25)13-10-22-11-16-30-29-14-9-21-19-24(33)12-15-27(21)28(29)17-18-31(22,30)2;2*1-2/h4-9,22-24,26-30,32-33H,3,10-20H2,1-2H3;2*1-2H3. The highest BCUT2D eigenvalue weighted by atomic mass is 32.2. The molecule has 4 aliphatic rings. The maximum absolute atomic E-state index is 13.6. The van der Waals surface area contributed by atoms with E-state index in [9.17, 15) is 18.6 Å². The highest BCUT2D eigenvalue weighted by Crippen LogP contribution is 2.64. The van der Waals surface area contributed by atoms with Crippen molar-refractivity contribution < 1.29 is 18.6 Å². The van der Waals surface area contributed by atoms with Crippen LogP contribution < -0.4 is 0 Å². The number of aliphatic hydroxyl groups is 2. The number of hydrogen-bond acceptors (Lipinski definition) is 4. The van der Waals surface area contributed by atoms with E-state index in [-0.39, 0.29) is 6.10 Å². The Kier molecular flexibility index (Phi) is 12.4. The van der Waals surface area contributed by atoms with Crippen LogP contribution in [0.2, 0.25) is 0 Å². The molecule has 1 aromatic rings. The zero-order chi connectivity index (χ0) is 29.5. The fourth-order valence-electron chi connectivity index (χ4n) is 8.89. The molecule has 0 radical (unpaired) electrons. The highest BCUT2D eigenvalue weighted by Gasteiger charge is 2.55. The average Bonchev–Trinajstić information content (AvgIpc) is 3.33. The van der Waals surface area contributed by atoms with Gasteiger partial charge < -0.3 is 10.2 Å². The zero-order valence-electron chi connectivity index (χ0n) is 26.2. The number of fused-ring (bicyclic) bond motifs is 5. The second kappa shape index (κ2) is 14.8. The lowest BCUT2D eigenvalue weighted by Crippen LogP contribution is -2.46. The third-order valence-electron chi connectivity index (χ3n) is 11.0. The molecule has 0 amide bonds. The van der Waals surface area contributed by atoms with E-state index in [0.29, 0.717) is 41.4 Å². The van der Waals surface area contributed by atoms with Crippen LogP contribution in [0, 0.1) is 35.0 Å². The van der Waals surface area contributed by atoms with E-state index in [4.69, 9.17) is 0 Å². The van der Waals surface area contributed by atoms with Gasteiger partial charge in [-0.1, -0.05) is 71.4 Å². The summed E-state index contributed by atoms with van der Waals surface area (Å²) in [6.07, 6.45) is 13.4. The lowest BCUT2D eigenvalue weighted by Gasteiger charge is -2.54. The molecule has 228 valence electrons. The van der Waals surface area contributed by atoms with Gasteiger partial charge in [0.05, 0.1) is 22.4 Å². The van der Waals surface area contributed by atoms with Crippen molar-refractivity contribution in [1.82, 2.24) is 0 Å². The Bertz CT molecular complexity index is 1030. The number of hydrogen-bond donors (Lipinski definition) is 2. The van der Waals surface area contributed by atoms with Gasteiger partial charge in [-0.15, -0.1) is 0 Å². The van der Waals surface area contributed by atoms with Crippen molar-refractivity contribution in [2.75, 3.05) is 0 Å². The molecule has 40 heavy (non-hydrogen) atoms. The Balaban J connectivity index is 0.00000106. The van der Waals surface area contributed by atoms with Gasteiger partial charge in [0, 0.05) is 0 Å². The van der Waals surface area contributed by atoms with E-state index in [1.54, 1.807) is 24.3 Å². The average molecular weight is 575 g/mol. The molecule has 9 unspecified atom stereocenters. The molecule has 0 aromatic heterocycles. The summed E-state index contributed by atoms with van der Waals surface area (Å²) in [5, 5.41) is 20.1. The summed E-state index contributed by atoms with van der Waals surface area (Å²) in [5.41, 5.74) is 1.84. The first kappa shape index (κ1) is 33.3. The summed E-state index contributed by atoms with van der Waals surface area (Å²) in [7, 11) is -3.47. The normalized spacial score (nSPS) is 34.4. The number of rotatable bonds is 8. The maximum atomic E-state index is 13.6. The molecule has 0 bridgehead atoms. The van der Waals surface area contributed by atoms with Crippen molar-refractivity contribution in [1.29, 1.82) is 0 Å². The smallest absolute Gasteiger partial charge is 0.181 e. The molecule has 3 fully saturated rings. The Hall–Kier alpha value is -1.17. The topological polar surface area (TPSA) is 74.6 Å². The number of benzene rings is 1. The van der Waals surface area contributed by atoms with Crippen LogP contribution in [-0.2, 0) is 9.84 Å². The van der Waals surface area contributed by atoms with E-state index in [1.807, 2.05) is 40.7 Å². The van der Waals surface area contributed by atoms with Crippen molar-refractivity contribution >= 4 is 9.84 Å². The molecule has 0 heterocycles. The molecular formula is C35H58O4S. The molecule has 1 aromatic carbocycles. The monoisotopic (exact) mass is 574 g/mol. The van der Waals surface area contributed by atoms with Gasteiger partial charge in [-0.25, -0.2) is 8.42 Å². The fraction of sp³-hybridized carbons (Fsp3) is 0.771. The minimum atomic E-state index is -3.47. The molecule has 5 heteroatoms. The van der Waals surface area contributed by atoms with E-state index in [2.05, 4.69) is 13.0 Å². The molecule has 0 aliphatic heterocycles. The van der Waals surface area contributed by atoms with Crippen molar-refractivity contribution in [2.45, 2.75) is 141 Å². The van der Waals surface area contributed by atoms with Gasteiger partial charge in [-0.2, -0.15) is 0 Å². The minimum Gasteiger partial charge on any atom is -0.393 e. The lowest BCUT2D eigenvalue weighted by molar-refractivity contribution is -0.0200. The van der Waals surface area contributed by atoms with Gasteiger partial charge in [0.15, 0.2) is 9.84 Å². The Morgan fingerprint density at radius 2 is 1.68 bits per heavy atom. The van der Waals surface area contributed by atoms with Gasteiger partial charge in [0.25, 0.3) is 0 Å². The van der Waals surface area contributed by atoms with Crippen LogP contribution in [0.25, 0.3) is 0 Å². The first-order chi connectivity index (χ1) is 19.2. The van der Waals surface area contributed by atoms with Crippen LogP contribution in [0.15, 0.2) is 46.9 Å². The predicted octanol–water partition coefficient (Wildman–Crippen LogP) is 8.37. The van der Waals surface area contributed by atoms with Gasteiger partial charge in [-0.3, -0.25) is 0 Å². The van der Waals surface area contributed by atoms with E-state index >= 15 is 0 Å². The van der Waals surface area contributed by atoms with Crippen LogP contribution in [-0.4, -0.2) is 36.1 Å². The van der Waals surface area contributed by atoms with Crippen LogP contribution in [0.3, 0.4) is 0 Å². The fourth-order valence-corrected chi connectivity index (χ4v) is 10.7. The highest BCUT2D eigenvalue weighted by molar-refractivity contribution is 7.92. The van der Waals surface area contributed by atoms with E-state index in [0.717, 1.165) is 43.4 Å². The summed E-state index contributed by atoms with van der Waals surface area (Å²) >= 11 is 0. The van der Waals surface area contributed by atoms with Crippen molar-refractivity contribution in [3.05, 3.63) is 42.0 Å². The molecule has 2 N–H and O–H groups in total. The van der Waals surface area contributed by atoms with Gasteiger partial charge in [0.2, 0.25) is 0 Å². The molecule has 3 saturated carbocycles. The van der Waals surface area contributed by atoms with Gasteiger partial charge >= 0.3 is 0 Å². The number of sulfone groups is 1. The SMILES string of the molecule is CC.CC.CCC(O)CC(CCC1CCC2C3CC=C4CC(O)CCC4C3CCC12C)S(=O)(=O)c1ccccc1. The van der Waals surface area contributed by atoms with Gasteiger partial charge in [0.1, 0.15) is 0 Å². The molecule has 0 spiro atoms. The summed E-state index contributed by atoms with van der Waals surface area (Å²) in [5.74, 6) is 3.51. The number of allylic oxidation sites excluding steroid dienone is 1. The molecular weight excluding hydrogens is 516 g/mol. The maximum Gasteiger partial charge on any atom is 0.181 e. The van der Waals surface area contributed by atoms with E-state index < -0.39 is 21.2 Å². The number of aliphatic hydroxyl groups excluding tert-OH is 2.